The summed E-state index contributed by atoms with van der Waals surface area (Å²) in [6, 6.07) is 10.0. The van der Waals surface area contributed by atoms with E-state index in [-0.39, 0.29) is 0 Å². The minimum Gasteiger partial charge on any atom is -0.318 e. The van der Waals surface area contributed by atoms with Gasteiger partial charge in [-0.2, -0.15) is 5.01 Å². The van der Waals surface area contributed by atoms with Crippen molar-refractivity contribution < 1.29 is 14.4 Å². The van der Waals surface area contributed by atoms with Crippen molar-refractivity contribution in [2.45, 2.75) is 26.3 Å². The van der Waals surface area contributed by atoms with Crippen LogP contribution in [-0.4, -0.2) is 22.9 Å². The first kappa shape index (κ1) is 16.2. The van der Waals surface area contributed by atoms with Crippen LogP contribution in [0.2, 0.25) is 0 Å². The molecule has 0 spiro atoms. The van der Waals surface area contributed by atoms with Crippen LogP contribution in [0.5, 0.6) is 0 Å². The highest BCUT2D eigenvalue weighted by atomic mass is 32.1. The Kier molecular flexibility index (Phi) is 3.88. The number of carbonyl (C=O) groups excluding carboxylic acids is 3. The number of urea groups is 1. The lowest BCUT2D eigenvalue weighted by molar-refractivity contribution is -0.132. The molecule has 1 aliphatic heterocycles. The van der Waals surface area contributed by atoms with Crippen molar-refractivity contribution in [1.82, 2.24) is 15.8 Å². The Morgan fingerprint density at radius 3 is 2.46 bits per heavy atom. The number of aryl methyl sites for hydroxylation is 2. The Morgan fingerprint density at radius 1 is 1.21 bits per heavy atom. The van der Waals surface area contributed by atoms with Crippen LogP contribution in [0.15, 0.2) is 36.4 Å². The fourth-order valence-corrected chi connectivity index (χ4v) is 3.47. The van der Waals surface area contributed by atoms with E-state index in [4.69, 9.17) is 0 Å². The molecule has 6 nitrogen and oxygen atoms in total. The lowest BCUT2D eigenvalue weighted by atomic mass is 9.92. The maximum atomic E-state index is 12.7. The first-order chi connectivity index (χ1) is 11.3. The van der Waals surface area contributed by atoms with Crippen LogP contribution in [0, 0.1) is 13.8 Å². The van der Waals surface area contributed by atoms with E-state index in [0.29, 0.717) is 10.4 Å². The van der Waals surface area contributed by atoms with E-state index in [0.717, 1.165) is 15.4 Å². The summed E-state index contributed by atoms with van der Waals surface area (Å²) in [6.07, 6.45) is 0. The van der Waals surface area contributed by atoms with Crippen molar-refractivity contribution in [3.8, 4) is 0 Å². The lowest BCUT2D eigenvalue weighted by Gasteiger charge is -2.21. The minimum atomic E-state index is -1.20. The van der Waals surface area contributed by atoms with Crippen LogP contribution < -0.4 is 10.7 Å². The van der Waals surface area contributed by atoms with Crippen molar-refractivity contribution in [2.75, 3.05) is 0 Å². The zero-order valence-corrected chi connectivity index (χ0v) is 14.4. The zero-order valence-electron chi connectivity index (χ0n) is 13.5. The molecule has 1 atom stereocenters. The van der Waals surface area contributed by atoms with Crippen molar-refractivity contribution in [1.29, 1.82) is 0 Å². The molecule has 0 radical (unpaired) electrons. The van der Waals surface area contributed by atoms with Gasteiger partial charge < -0.3 is 5.32 Å². The second-order valence-corrected chi connectivity index (χ2v) is 7.11. The summed E-state index contributed by atoms with van der Waals surface area (Å²) >= 11 is 1.32. The molecule has 2 N–H and O–H groups in total. The molecule has 2 aromatic rings. The average Bonchev–Trinajstić information content (AvgIpc) is 3.01. The van der Waals surface area contributed by atoms with Gasteiger partial charge >= 0.3 is 6.03 Å². The Hall–Kier alpha value is -2.67. The molecule has 0 unspecified atom stereocenters. The third-order valence-corrected chi connectivity index (χ3v) is 5.30. The van der Waals surface area contributed by atoms with Crippen LogP contribution in [0.25, 0.3) is 0 Å². The van der Waals surface area contributed by atoms with Crippen LogP contribution >= 0.6 is 11.3 Å². The predicted octanol–water partition coefficient (Wildman–Crippen LogP) is 2.48. The molecule has 1 aromatic heterocycles. The minimum absolute atomic E-state index is 0.457. The largest absolute Gasteiger partial charge is 0.344 e. The Labute approximate surface area is 143 Å². The summed E-state index contributed by atoms with van der Waals surface area (Å²) in [7, 11) is 0. The number of carbonyl (C=O) groups is 3. The summed E-state index contributed by atoms with van der Waals surface area (Å²) in [5, 5.41) is 3.40. The van der Waals surface area contributed by atoms with E-state index >= 15 is 0 Å². The first-order valence-electron chi connectivity index (χ1n) is 7.43. The fraction of sp³-hybridized carbons (Fsp3) is 0.235. The van der Waals surface area contributed by atoms with Gasteiger partial charge in [-0.15, -0.1) is 11.3 Å². The van der Waals surface area contributed by atoms with E-state index in [2.05, 4.69) is 10.7 Å². The normalized spacial score (nSPS) is 20.2. The first-order valence-corrected chi connectivity index (χ1v) is 8.25. The van der Waals surface area contributed by atoms with Crippen molar-refractivity contribution in [2.24, 2.45) is 0 Å². The number of nitrogens with one attached hydrogen (secondary N) is 2. The van der Waals surface area contributed by atoms with E-state index in [9.17, 15) is 14.4 Å². The lowest BCUT2D eigenvalue weighted by Crippen LogP contribution is -2.47. The number of nitrogens with zero attached hydrogens (tertiary/aromatic N) is 1. The Balaban J connectivity index is 1.83. The molecule has 0 aliphatic carbocycles. The standard InChI is InChI=1S/C17H17N3O3S/c1-10-9-13(24-11(10)2)14(21)19-20-15(22)17(3,18-16(20)23)12-7-5-4-6-8-12/h4-9H,1-3H3,(H,18,23)(H,19,21)/t17-/m1/s1. The summed E-state index contributed by atoms with van der Waals surface area (Å²) in [5.74, 6) is -0.992. The van der Waals surface area contributed by atoms with E-state index in [1.807, 2.05) is 19.9 Å². The van der Waals surface area contributed by atoms with Crippen LogP contribution in [-0.2, 0) is 10.3 Å². The molecule has 1 saturated heterocycles. The highest BCUT2D eigenvalue weighted by Gasteiger charge is 2.50. The van der Waals surface area contributed by atoms with Gasteiger partial charge in [0, 0.05) is 4.88 Å². The predicted molar refractivity (Wildman–Crippen MR) is 90.4 cm³/mol. The molecule has 2 heterocycles. The molecule has 1 aromatic carbocycles. The molecule has 0 bridgehead atoms. The van der Waals surface area contributed by atoms with Crippen LogP contribution in [0.4, 0.5) is 4.79 Å². The summed E-state index contributed by atoms with van der Waals surface area (Å²) in [5.41, 5.74) is 2.85. The monoisotopic (exact) mass is 343 g/mol. The third kappa shape index (κ3) is 2.56. The Bertz CT molecular complexity index is 811. The second kappa shape index (κ2) is 5.76. The van der Waals surface area contributed by atoms with E-state index in [1.54, 1.807) is 37.3 Å². The zero-order chi connectivity index (χ0) is 17.5. The van der Waals surface area contributed by atoms with Crippen LogP contribution in [0.3, 0.4) is 0 Å². The summed E-state index contributed by atoms with van der Waals surface area (Å²) in [6.45, 7) is 5.44. The maximum absolute atomic E-state index is 12.7. The average molecular weight is 343 g/mol. The van der Waals surface area contributed by atoms with Gasteiger partial charge in [0.05, 0.1) is 4.88 Å². The summed E-state index contributed by atoms with van der Waals surface area (Å²) < 4.78 is 0. The number of hydrogen-bond donors (Lipinski definition) is 2. The van der Waals surface area contributed by atoms with Gasteiger partial charge in [0.1, 0.15) is 5.54 Å². The second-order valence-electron chi connectivity index (χ2n) is 5.85. The molecule has 124 valence electrons. The number of thiophene rings is 1. The molecular weight excluding hydrogens is 326 g/mol. The number of benzene rings is 1. The topological polar surface area (TPSA) is 78.5 Å². The molecule has 24 heavy (non-hydrogen) atoms. The van der Waals surface area contributed by atoms with Gasteiger partial charge in [-0.05, 0) is 38.0 Å². The van der Waals surface area contributed by atoms with Crippen molar-refractivity contribution in [3.63, 3.8) is 0 Å². The third-order valence-electron chi connectivity index (χ3n) is 4.15. The highest BCUT2D eigenvalue weighted by Crippen LogP contribution is 2.28. The van der Waals surface area contributed by atoms with Gasteiger partial charge in [0.25, 0.3) is 11.8 Å². The van der Waals surface area contributed by atoms with Crippen molar-refractivity contribution in [3.05, 3.63) is 57.3 Å². The quantitative estimate of drug-likeness (QED) is 0.841. The van der Waals surface area contributed by atoms with Gasteiger partial charge in [-0.25, -0.2) is 4.79 Å². The van der Waals surface area contributed by atoms with Gasteiger partial charge in [-0.3, -0.25) is 15.0 Å². The molecule has 1 aliphatic rings. The van der Waals surface area contributed by atoms with Gasteiger partial charge in [0.2, 0.25) is 0 Å². The smallest absolute Gasteiger partial charge is 0.318 e. The fourth-order valence-electron chi connectivity index (χ4n) is 2.55. The van der Waals surface area contributed by atoms with E-state index in [1.165, 1.54) is 11.3 Å². The van der Waals surface area contributed by atoms with Crippen molar-refractivity contribution >= 4 is 29.2 Å². The number of rotatable bonds is 3. The Morgan fingerprint density at radius 2 is 1.88 bits per heavy atom. The number of amides is 4. The molecule has 0 saturated carbocycles. The molecular formula is C17H17N3O3S. The van der Waals surface area contributed by atoms with E-state index < -0.39 is 23.4 Å². The number of imide groups is 1. The molecule has 1 fully saturated rings. The maximum Gasteiger partial charge on any atom is 0.344 e. The summed E-state index contributed by atoms with van der Waals surface area (Å²) in [4.78, 5) is 38.7. The highest BCUT2D eigenvalue weighted by molar-refractivity contribution is 7.14. The molecule has 4 amide bonds. The molecule has 3 rings (SSSR count). The molecule has 7 heteroatoms. The number of hydrogen-bond acceptors (Lipinski definition) is 4. The van der Waals surface area contributed by atoms with Gasteiger partial charge in [-0.1, -0.05) is 30.3 Å². The number of hydrazine groups is 1. The SMILES string of the molecule is Cc1cc(C(=O)NN2C(=O)N[C@](C)(c3ccccc3)C2=O)sc1C. The van der Waals surface area contributed by atoms with Gasteiger partial charge in [0.15, 0.2) is 0 Å². The van der Waals surface area contributed by atoms with Crippen LogP contribution in [0.1, 0.15) is 32.6 Å².